The van der Waals surface area contributed by atoms with Crippen molar-refractivity contribution in [3.8, 4) is 0 Å². The largest absolute Gasteiger partial charge is 0.477 e. The molecule has 2 aliphatic rings. The third kappa shape index (κ3) is 2.70. The fraction of sp³-hybridized carbons (Fsp3) is 0.615. The normalized spacial score (nSPS) is 19.1. The molecule has 0 radical (unpaired) electrons. The van der Waals surface area contributed by atoms with E-state index in [1.165, 1.54) is 16.6 Å². The van der Waals surface area contributed by atoms with E-state index in [1.807, 2.05) is 0 Å². The van der Waals surface area contributed by atoms with Crippen molar-refractivity contribution in [3.05, 3.63) is 18.0 Å². The minimum atomic E-state index is -3.75. The summed E-state index contributed by atoms with van der Waals surface area (Å²) in [5.74, 6) is -1.12. The highest BCUT2D eigenvalue weighted by molar-refractivity contribution is 7.89. The molecule has 21 heavy (non-hydrogen) atoms. The molecule has 0 aliphatic heterocycles. The SMILES string of the molecule is O=C(O)c1cc(S(=O)(=O)N(CCO)C2CC2)cn1C1CC1. The quantitative estimate of drug-likeness (QED) is 0.770. The lowest BCUT2D eigenvalue weighted by Gasteiger charge is -2.19. The van der Waals surface area contributed by atoms with Crippen LogP contribution in [0.2, 0.25) is 0 Å². The molecule has 1 aromatic heterocycles. The number of carboxylic acids is 1. The number of aliphatic hydroxyl groups excluding tert-OH is 1. The Hall–Kier alpha value is -1.38. The monoisotopic (exact) mass is 314 g/mol. The minimum absolute atomic E-state index is 0.00662. The van der Waals surface area contributed by atoms with Crippen molar-refractivity contribution in [1.29, 1.82) is 0 Å². The van der Waals surface area contributed by atoms with Gasteiger partial charge in [0.15, 0.2) is 0 Å². The highest BCUT2D eigenvalue weighted by Crippen LogP contribution is 2.38. The van der Waals surface area contributed by atoms with Gasteiger partial charge in [-0.1, -0.05) is 0 Å². The number of aromatic nitrogens is 1. The van der Waals surface area contributed by atoms with Crippen LogP contribution in [0.1, 0.15) is 42.2 Å². The third-order valence-electron chi connectivity index (χ3n) is 3.86. The Morgan fingerprint density at radius 2 is 2.00 bits per heavy atom. The molecule has 0 atom stereocenters. The van der Waals surface area contributed by atoms with E-state index in [0.29, 0.717) is 0 Å². The van der Waals surface area contributed by atoms with Crippen LogP contribution in [-0.4, -0.2) is 52.7 Å². The van der Waals surface area contributed by atoms with Crippen LogP contribution in [0.15, 0.2) is 17.2 Å². The van der Waals surface area contributed by atoms with Crippen LogP contribution in [0.25, 0.3) is 0 Å². The van der Waals surface area contributed by atoms with Gasteiger partial charge in [0, 0.05) is 24.8 Å². The summed E-state index contributed by atoms with van der Waals surface area (Å²) >= 11 is 0. The molecule has 116 valence electrons. The number of hydrogen-bond acceptors (Lipinski definition) is 4. The summed E-state index contributed by atoms with van der Waals surface area (Å²) in [5.41, 5.74) is 0.0100. The summed E-state index contributed by atoms with van der Waals surface area (Å²) in [7, 11) is -3.75. The van der Waals surface area contributed by atoms with Crippen LogP contribution in [0.5, 0.6) is 0 Å². The highest BCUT2D eigenvalue weighted by atomic mass is 32.2. The first-order valence-corrected chi connectivity index (χ1v) is 8.47. The molecule has 2 fully saturated rings. The Labute approximate surface area is 122 Å². The molecule has 0 spiro atoms. The average molecular weight is 314 g/mol. The maximum absolute atomic E-state index is 12.6. The van der Waals surface area contributed by atoms with Crippen LogP contribution in [0.4, 0.5) is 0 Å². The summed E-state index contributed by atoms with van der Waals surface area (Å²) in [6, 6.07) is 1.25. The predicted octanol–water partition coefficient (Wildman–Crippen LogP) is 0.667. The second-order valence-electron chi connectivity index (χ2n) is 5.58. The van der Waals surface area contributed by atoms with E-state index in [-0.39, 0.29) is 35.8 Å². The molecule has 7 nitrogen and oxygen atoms in total. The molecular weight excluding hydrogens is 296 g/mol. The summed E-state index contributed by atoms with van der Waals surface area (Å²) < 4.78 is 28.1. The number of carbonyl (C=O) groups is 1. The summed E-state index contributed by atoms with van der Waals surface area (Å²) in [6.07, 6.45) is 4.74. The van der Waals surface area contributed by atoms with Crippen molar-refractivity contribution in [2.24, 2.45) is 0 Å². The van der Waals surface area contributed by atoms with Crippen molar-refractivity contribution < 1.29 is 23.4 Å². The molecule has 8 heteroatoms. The average Bonchev–Trinajstić information content (AvgIpc) is 3.34. The van der Waals surface area contributed by atoms with Crippen LogP contribution >= 0.6 is 0 Å². The maximum atomic E-state index is 12.6. The number of sulfonamides is 1. The standard InChI is InChI=1S/C13H18N2O5S/c16-6-5-15(10-3-4-10)21(19,20)11-7-12(13(17)18)14(8-11)9-1-2-9/h7-10,16H,1-6H2,(H,17,18). The number of nitrogens with zero attached hydrogens (tertiary/aromatic N) is 2. The number of aliphatic hydroxyl groups is 1. The van der Waals surface area contributed by atoms with Crippen LogP contribution in [0, 0.1) is 0 Å². The lowest BCUT2D eigenvalue weighted by Crippen LogP contribution is -2.35. The fourth-order valence-corrected chi connectivity index (χ4v) is 4.22. The Kier molecular flexibility index (Phi) is 3.54. The van der Waals surface area contributed by atoms with Gasteiger partial charge in [0.05, 0.1) is 6.61 Å². The van der Waals surface area contributed by atoms with Gasteiger partial charge >= 0.3 is 5.97 Å². The summed E-state index contributed by atoms with van der Waals surface area (Å²) in [5, 5.41) is 18.3. The minimum Gasteiger partial charge on any atom is -0.477 e. The zero-order chi connectivity index (χ0) is 15.2. The summed E-state index contributed by atoms with van der Waals surface area (Å²) in [4.78, 5) is 11.3. The van der Waals surface area contributed by atoms with E-state index in [9.17, 15) is 18.3 Å². The third-order valence-corrected chi connectivity index (χ3v) is 5.78. The van der Waals surface area contributed by atoms with Gasteiger partial charge in [-0.25, -0.2) is 13.2 Å². The van der Waals surface area contributed by atoms with Gasteiger partial charge in [-0.3, -0.25) is 0 Å². The van der Waals surface area contributed by atoms with E-state index in [0.717, 1.165) is 25.7 Å². The molecule has 2 N–H and O–H groups in total. The van der Waals surface area contributed by atoms with Gasteiger partial charge in [-0.2, -0.15) is 4.31 Å². The molecule has 1 heterocycles. The van der Waals surface area contributed by atoms with Crippen molar-refractivity contribution in [2.75, 3.05) is 13.2 Å². The Bertz CT molecular complexity index is 658. The zero-order valence-corrected chi connectivity index (χ0v) is 12.3. The van der Waals surface area contributed by atoms with Gasteiger partial charge in [-0.05, 0) is 31.7 Å². The molecule has 0 saturated heterocycles. The smallest absolute Gasteiger partial charge is 0.352 e. The molecule has 0 aromatic carbocycles. The Balaban J connectivity index is 1.98. The van der Waals surface area contributed by atoms with Gasteiger partial charge < -0.3 is 14.8 Å². The fourth-order valence-electron chi connectivity index (χ4n) is 2.52. The number of carboxylic acid groups (broad SMARTS) is 1. The zero-order valence-electron chi connectivity index (χ0n) is 11.5. The van der Waals surface area contributed by atoms with Crippen molar-refractivity contribution in [3.63, 3.8) is 0 Å². The molecule has 3 rings (SSSR count). The second-order valence-corrected chi connectivity index (χ2v) is 7.47. The number of hydrogen-bond donors (Lipinski definition) is 2. The second kappa shape index (κ2) is 5.11. The molecule has 1 aromatic rings. The van der Waals surface area contributed by atoms with Crippen LogP contribution < -0.4 is 0 Å². The van der Waals surface area contributed by atoms with Crippen molar-refractivity contribution in [1.82, 2.24) is 8.87 Å². The lowest BCUT2D eigenvalue weighted by molar-refractivity contribution is 0.0685. The van der Waals surface area contributed by atoms with E-state index >= 15 is 0 Å². The van der Waals surface area contributed by atoms with E-state index < -0.39 is 16.0 Å². The van der Waals surface area contributed by atoms with E-state index in [1.54, 1.807) is 4.57 Å². The van der Waals surface area contributed by atoms with Gasteiger partial charge in [-0.15, -0.1) is 0 Å². The van der Waals surface area contributed by atoms with Gasteiger partial charge in [0.2, 0.25) is 10.0 Å². The first-order valence-electron chi connectivity index (χ1n) is 7.03. The lowest BCUT2D eigenvalue weighted by atomic mass is 10.4. The van der Waals surface area contributed by atoms with E-state index in [4.69, 9.17) is 5.11 Å². The number of rotatable bonds is 7. The first-order chi connectivity index (χ1) is 9.95. The molecule has 2 aliphatic carbocycles. The molecule has 0 bridgehead atoms. The number of aromatic carboxylic acids is 1. The molecule has 0 amide bonds. The topological polar surface area (TPSA) is 99.8 Å². The summed E-state index contributed by atoms with van der Waals surface area (Å²) in [6.45, 7) is -0.200. The Morgan fingerprint density at radius 3 is 2.48 bits per heavy atom. The Morgan fingerprint density at radius 1 is 1.33 bits per heavy atom. The van der Waals surface area contributed by atoms with Crippen LogP contribution in [-0.2, 0) is 10.0 Å². The van der Waals surface area contributed by atoms with Gasteiger partial charge in [0.25, 0.3) is 0 Å². The first kappa shape index (κ1) is 14.6. The van der Waals surface area contributed by atoms with Crippen molar-refractivity contribution in [2.45, 2.75) is 42.7 Å². The predicted molar refractivity (Wildman–Crippen MR) is 73.7 cm³/mol. The molecule has 2 saturated carbocycles. The van der Waals surface area contributed by atoms with E-state index in [2.05, 4.69) is 0 Å². The highest BCUT2D eigenvalue weighted by Gasteiger charge is 2.39. The molecule has 0 unspecified atom stereocenters. The van der Waals surface area contributed by atoms with Crippen LogP contribution in [0.3, 0.4) is 0 Å². The molecular formula is C13H18N2O5S. The maximum Gasteiger partial charge on any atom is 0.352 e. The van der Waals surface area contributed by atoms with Crippen molar-refractivity contribution >= 4 is 16.0 Å². The van der Waals surface area contributed by atoms with Gasteiger partial charge in [0.1, 0.15) is 10.6 Å².